The normalized spacial score (nSPS) is 14.7. The number of carbonyl (C=O) groups is 1. The van der Waals surface area contributed by atoms with Crippen molar-refractivity contribution in [3.05, 3.63) is 29.5 Å². The second-order valence-corrected chi connectivity index (χ2v) is 4.51. The van der Waals surface area contributed by atoms with Crippen LogP contribution in [0.1, 0.15) is 30.0 Å². The summed E-state index contributed by atoms with van der Waals surface area (Å²) in [5.74, 6) is -0.245. The number of hydrogen-bond acceptors (Lipinski definition) is 5. The Morgan fingerprint density at radius 3 is 2.61 bits per heavy atom. The van der Waals surface area contributed by atoms with Crippen LogP contribution in [0.3, 0.4) is 0 Å². The van der Waals surface area contributed by atoms with E-state index in [0.29, 0.717) is 11.0 Å². The molecule has 1 aromatic carbocycles. The molecule has 1 aromatic heterocycles. The van der Waals surface area contributed by atoms with Crippen molar-refractivity contribution in [1.82, 2.24) is 0 Å². The van der Waals surface area contributed by atoms with E-state index in [1.54, 1.807) is 0 Å². The van der Waals surface area contributed by atoms with Crippen molar-refractivity contribution in [2.75, 3.05) is 6.61 Å². The first-order valence-corrected chi connectivity index (χ1v) is 5.46. The molecule has 2 aromatic rings. The second-order valence-electron chi connectivity index (χ2n) is 4.51. The number of rotatable bonds is 3. The molecule has 0 spiro atoms. The van der Waals surface area contributed by atoms with E-state index >= 15 is 0 Å². The Kier molecular flexibility index (Phi) is 2.88. The third-order valence-corrected chi connectivity index (χ3v) is 2.85. The standard InChI is InChI=1S/C13H14O5/c1-7(15)9-3-8-4-12(13(2,17)6-14)18-11(8)5-10(9)16/h3-5,14,16-17H,6H2,1-2H3/t13-/m0/s1. The van der Waals surface area contributed by atoms with Gasteiger partial charge in [-0.1, -0.05) is 0 Å². The molecule has 1 heterocycles. The first-order chi connectivity index (χ1) is 8.35. The topological polar surface area (TPSA) is 90.9 Å². The first kappa shape index (κ1) is 12.6. The predicted molar refractivity (Wildman–Crippen MR) is 64.5 cm³/mol. The maximum Gasteiger partial charge on any atom is 0.163 e. The van der Waals surface area contributed by atoms with Gasteiger partial charge in [-0.05, 0) is 26.0 Å². The zero-order valence-corrected chi connectivity index (χ0v) is 10.1. The Morgan fingerprint density at radius 1 is 1.39 bits per heavy atom. The highest BCUT2D eigenvalue weighted by molar-refractivity contribution is 6.00. The van der Waals surface area contributed by atoms with Gasteiger partial charge in [0.15, 0.2) is 5.78 Å². The minimum atomic E-state index is -1.50. The number of aliphatic hydroxyl groups is 2. The summed E-state index contributed by atoms with van der Waals surface area (Å²) in [7, 11) is 0. The fourth-order valence-corrected chi connectivity index (χ4v) is 1.70. The zero-order chi connectivity index (χ0) is 13.5. The summed E-state index contributed by atoms with van der Waals surface area (Å²) in [6.45, 7) is 2.28. The number of furan rings is 1. The van der Waals surface area contributed by atoms with Gasteiger partial charge in [-0.2, -0.15) is 0 Å². The van der Waals surface area contributed by atoms with Crippen LogP contribution in [0.4, 0.5) is 0 Å². The smallest absolute Gasteiger partial charge is 0.163 e. The molecule has 0 unspecified atom stereocenters. The highest BCUT2D eigenvalue weighted by Crippen LogP contribution is 2.32. The summed E-state index contributed by atoms with van der Waals surface area (Å²) in [6, 6.07) is 4.36. The molecule has 1 atom stereocenters. The van der Waals surface area contributed by atoms with Gasteiger partial charge >= 0.3 is 0 Å². The van der Waals surface area contributed by atoms with Gasteiger partial charge in [0.1, 0.15) is 22.7 Å². The number of aliphatic hydroxyl groups excluding tert-OH is 1. The van der Waals surface area contributed by atoms with Crippen LogP contribution in [0.25, 0.3) is 11.0 Å². The van der Waals surface area contributed by atoms with Crippen LogP contribution < -0.4 is 0 Å². The van der Waals surface area contributed by atoms with E-state index < -0.39 is 12.2 Å². The molecule has 0 fully saturated rings. The molecule has 0 aliphatic carbocycles. The summed E-state index contributed by atoms with van der Waals surface area (Å²) in [4.78, 5) is 11.3. The number of benzene rings is 1. The van der Waals surface area contributed by atoms with E-state index in [0.717, 1.165) is 0 Å². The van der Waals surface area contributed by atoms with Crippen molar-refractivity contribution in [2.45, 2.75) is 19.4 Å². The van der Waals surface area contributed by atoms with Gasteiger partial charge in [-0.15, -0.1) is 0 Å². The molecule has 2 rings (SSSR count). The van der Waals surface area contributed by atoms with Crippen molar-refractivity contribution in [3.63, 3.8) is 0 Å². The van der Waals surface area contributed by atoms with Crippen molar-refractivity contribution >= 4 is 16.8 Å². The summed E-state index contributed by atoms with van der Waals surface area (Å²) < 4.78 is 5.36. The van der Waals surface area contributed by atoms with Gasteiger partial charge in [0.25, 0.3) is 0 Å². The minimum absolute atomic E-state index is 0.167. The van der Waals surface area contributed by atoms with Crippen molar-refractivity contribution in [1.29, 1.82) is 0 Å². The molecule has 0 saturated carbocycles. The Morgan fingerprint density at radius 2 is 2.06 bits per heavy atom. The third kappa shape index (κ3) is 1.98. The van der Waals surface area contributed by atoms with Gasteiger partial charge in [-0.25, -0.2) is 0 Å². The fourth-order valence-electron chi connectivity index (χ4n) is 1.70. The molecule has 0 aliphatic rings. The van der Waals surface area contributed by atoms with E-state index in [2.05, 4.69) is 0 Å². The number of phenolic OH excluding ortho intramolecular Hbond substituents is 1. The van der Waals surface area contributed by atoms with Crippen molar-refractivity contribution in [3.8, 4) is 5.75 Å². The lowest BCUT2D eigenvalue weighted by atomic mass is 10.0. The summed E-state index contributed by atoms with van der Waals surface area (Å²) >= 11 is 0. The Bertz CT molecular complexity index is 609. The van der Waals surface area contributed by atoms with Gasteiger partial charge in [0.2, 0.25) is 0 Å². The van der Waals surface area contributed by atoms with E-state index in [1.165, 1.54) is 32.0 Å². The van der Waals surface area contributed by atoms with Crippen LogP contribution in [0.5, 0.6) is 5.75 Å². The fraction of sp³-hybridized carbons (Fsp3) is 0.308. The second kappa shape index (κ2) is 4.12. The Balaban J connectivity index is 2.62. The number of aromatic hydroxyl groups is 1. The molecule has 5 nitrogen and oxygen atoms in total. The number of carbonyl (C=O) groups excluding carboxylic acids is 1. The monoisotopic (exact) mass is 250 g/mol. The molecular weight excluding hydrogens is 236 g/mol. The largest absolute Gasteiger partial charge is 0.507 e. The van der Waals surface area contributed by atoms with E-state index in [9.17, 15) is 15.0 Å². The number of fused-ring (bicyclic) bond motifs is 1. The number of phenols is 1. The van der Waals surface area contributed by atoms with Crippen LogP contribution in [-0.4, -0.2) is 27.7 Å². The minimum Gasteiger partial charge on any atom is -0.507 e. The quantitative estimate of drug-likeness (QED) is 0.719. The molecule has 0 aliphatic heterocycles. The lowest BCUT2D eigenvalue weighted by Gasteiger charge is -2.16. The van der Waals surface area contributed by atoms with Crippen molar-refractivity contribution in [2.24, 2.45) is 0 Å². The highest BCUT2D eigenvalue weighted by Gasteiger charge is 2.27. The zero-order valence-electron chi connectivity index (χ0n) is 10.1. The van der Waals surface area contributed by atoms with Gasteiger partial charge in [-0.3, -0.25) is 4.79 Å². The maximum absolute atomic E-state index is 11.3. The predicted octanol–water partition coefficient (Wildman–Crippen LogP) is 1.54. The first-order valence-electron chi connectivity index (χ1n) is 5.46. The molecule has 18 heavy (non-hydrogen) atoms. The van der Waals surface area contributed by atoms with E-state index in [1.807, 2.05) is 0 Å². The maximum atomic E-state index is 11.3. The van der Waals surface area contributed by atoms with Crippen LogP contribution in [0.2, 0.25) is 0 Å². The molecule has 96 valence electrons. The molecular formula is C13H14O5. The van der Waals surface area contributed by atoms with E-state index in [-0.39, 0.29) is 22.9 Å². The molecule has 0 radical (unpaired) electrons. The lowest BCUT2D eigenvalue weighted by molar-refractivity contribution is -0.0184. The van der Waals surface area contributed by atoms with Gasteiger partial charge in [0, 0.05) is 11.5 Å². The molecule has 0 bridgehead atoms. The Labute approximate surface area is 103 Å². The van der Waals surface area contributed by atoms with Crippen molar-refractivity contribution < 1.29 is 24.5 Å². The van der Waals surface area contributed by atoms with Crippen LogP contribution in [0, 0.1) is 0 Å². The SMILES string of the molecule is CC(=O)c1cc2cc([C@@](C)(O)CO)oc2cc1O. The number of Topliss-reactive ketones (excluding diaryl/α,β-unsaturated/α-hetero) is 1. The molecule has 0 saturated heterocycles. The molecule has 0 amide bonds. The summed E-state index contributed by atoms with van der Waals surface area (Å²) in [5.41, 5.74) is -0.954. The average Bonchev–Trinajstić information content (AvgIpc) is 2.71. The third-order valence-electron chi connectivity index (χ3n) is 2.85. The molecule has 3 N–H and O–H groups in total. The van der Waals surface area contributed by atoms with E-state index in [4.69, 9.17) is 9.52 Å². The van der Waals surface area contributed by atoms with Crippen LogP contribution in [-0.2, 0) is 5.60 Å². The van der Waals surface area contributed by atoms with Crippen LogP contribution in [0.15, 0.2) is 22.6 Å². The van der Waals surface area contributed by atoms with Gasteiger partial charge in [0.05, 0.1) is 12.2 Å². The highest BCUT2D eigenvalue weighted by atomic mass is 16.4. The number of hydrogen-bond donors (Lipinski definition) is 3. The lowest BCUT2D eigenvalue weighted by Crippen LogP contribution is -2.24. The number of ketones is 1. The van der Waals surface area contributed by atoms with Crippen LogP contribution >= 0.6 is 0 Å². The summed E-state index contributed by atoms with van der Waals surface area (Å²) in [6.07, 6.45) is 0. The Hall–Kier alpha value is -1.85. The average molecular weight is 250 g/mol. The molecule has 5 heteroatoms. The van der Waals surface area contributed by atoms with Gasteiger partial charge < -0.3 is 19.7 Å². The summed E-state index contributed by atoms with van der Waals surface area (Å²) in [5, 5.41) is 29.2.